The highest BCUT2D eigenvalue weighted by Gasteiger charge is 2.44. The first kappa shape index (κ1) is 25.3. The minimum absolute atomic E-state index is 0.0297. The van der Waals surface area contributed by atoms with Gasteiger partial charge in [0, 0.05) is 43.2 Å². The van der Waals surface area contributed by atoms with E-state index < -0.39 is 0 Å². The summed E-state index contributed by atoms with van der Waals surface area (Å²) in [5, 5.41) is 12.0. The third kappa shape index (κ3) is 5.36. The van der Waals surface area contributed by atoms with Crippen LogP contribution in [0.3, 0.4) is 0 Å². The fourth-order valence-corrected chi connectivity index (χ4v) is 5.87. The Hall–Kier alpha value is -3.69. The molecule has 4 heterocycles. The first-order chi connectivity index (χ1) is 19.5. The number of likely N-dealkylation sites (N-methyl/N-ethyl adjacent to an activating group) is 1. The van der Waals surface area contributed by atoms with Crippen molar-refractivity contribution in [1.29, 1.82) is 0 Å². The first-order valence-electron chi connectivity index (χ1n) is 14.1. The summed E-state index contributed by atoms with van der Waals surface area (Å²) in [6.07, 6.45) is 4.83. The van der Waals surface area contributed by atoms with E-state index >= 15 is 0 Å². The molecule has 4 aromatic rings. The van der Waals surface area contributed by atoms with Crippen molar-refractivity contribution in [3.05, 3.63) is 76.7 Å². The second-order valence-electron chi connectivity index (χ2n) is 11.3. The molecule has 3 aromatic heterocycles. The zero-order chi connectivity index (χ0) is 27.2. The number of benzene rings is 1. The summed E-state index contributed by atoms with van der Waals surface area (Å²) in [5.74, 6) is 3.09. The number of pyridine rings is 1. The van der Waals surface area contributed by atoms with Gasteiger partial charge in [-0.15, -0.1) is 0 Å². The summed E-state index contributed by atoms with van der Waals surface area (Å²) in [7, 11) is 2.18. The molecule has 0 radical (unpaired) electrons. The van der Waals surface area contributed by atoms with Gasteiger partial charge in [-0.05, 0) is 79.6 Å². The zero-order valence-electron chi connectivity index (χ0n) is 22.6. The van der Waals surface area contributed by atoms with Gasteiger partial charge in [0.1, 0.15) is 23.8 Å². The highest BCUT2D eigenvalue weighted by molar-refractivity contribution is 6.30. The molecule has 2 aliphatic carbocycles. The largest absolute Gasteiger partial charge is 0.364 e. The number of aromatic nitrogens is 4. The van der Waals surface area contributed by atoms with Gasteiger partial charge in [0.25, 0.3) is 0 Å². The van der Waals surface area contributed by atoms with Gasteiger partial charge in [-0.3, -0.25) is 4.79 Å². The Morgan fingerprint density at radius 2 is 1.82 bits per heavy atom. The fourth-order valence-electron chi connectivity index (χ4n) is 5.67. The Balaban J connectivity index is 1.03. The number of fused-ring (bicyclic) bond motifs is 1. The standard InChI is InChI=1S/C30H33ClN8O/c1-37-7-9-38(10-8-37)29-13-21(19-5-6-19)12-24-14-23(36-39(24)29)17-32-27-16-28(34-18-33-27)35-30(40)26-15-25(26)20-3-2-4-22(31)11-20/h2-4,11-14,16,18-19,25-26H,5-10,15,17H2,1H3,(H2,32,33,34,35,40)/t25-,26+/m1/s1. The van der Waals surface area contributed by atoms with Crippen molar-refractivity contribution in [2.24, 2.45) is 5.92 Å². The molecule has 2 atom stereocenters. The monoisotopic (exact) mass is 556 g/mol. The van der Waals surface area contributed by atoms with E-state index in [1.54, 1.807) is 6.07 Å². The quantitative estimate of drug-likeness (QED) is 0.323. The summed E-state index contributed by atoms with van der Waals surface area (Å²) < 4.78 is 2.09. The van der Waals surface area contributed by atoms with Crippen LogP contribution in [0.25, 0.3) is 5.52 Å². The molecule has 10 heteroatoms. The maximum Gasteiger partial charge on any atom is 0.229 e. The predicted molar refractivity (Wildman–Crippen MR) is 157 cm³/mol. The van der Waals surface area contributed by atoms with Crippen molar-refractivity contribution in [2.75, 3.05) is 48.8 Å². The van der Waals surface area contributed by atoms with Gasteiger partial charge in [-0.1, -0.05) is 23.7 Å². The molecule has 2 N–H and O–H groups in total. The predicted octanol–water partition coefficient (Wildman–Crippen LogP) is 4.76. The lowest BCUT2D eigenvalue weighted by Crippen LogP contribution is -2.45. The van der Waals surface area contributed by atoms with Crippen LogP contribution in [0.1, 0.15) is 47.9 Å². The van der Waals surface area contributed by atoms with Gasteiger partial charge >= 0.3 is 0 Å². The molecular weight excluding hydrogens is 524 g/mol. The Morgan fingerprint density at radius 1 is 1.00 bits per heavy atom. The Labute approximate surface area is 238 Å². The minimum atomic E-state index is -0.0714. The number of piperazine rings is 1. The molecular formula is C30H33ClN8O. The number of anilines is 3. The van der Waals surface area contributed by atoms with Gasteiger partial charge in [0.15, 0.2) is 0 Å². The van der Waals surface area contributed by atoms with E-state index in [1.807, 2.05) is 24.3 Å². The lowest BCUT2D eigenvalue weighted by Gasteiger charge is -2.34. The number of hydrogen-bond acceptors (Lipinski definition) is 7. The van der Waals surface area contributed by atoms with Crippen LogP contribution in [0.5, 0.6) is 0 Å². The van der Waals surface area contributed by atoms with Gasteiger partial charge in [0.05, 0.1) is 17.8 Å². The maximum absolute atomic E-state index is 12.8. The molecule has 40 heavy (non-hydrogen) atoms. The van der Waals surface area contributed by atoms with Gasteiger partial charge in [-0.2, -0.15) is 5.10 Å². The van der Waals surface area contributed by atoms with Gasteiger partial charge < -0.3 is 20.4 Å². The van der Waals surface area contributed by atoms with Crippen molar-refractivity contribution in [3.63, 3.8) is 0 Å². The third-order valence-electron chi connectivity index (χ3n) is 8.26. The van der Waals surface area contributed by atoms with Crippen LogP contribution < -0.4 is 15.5 Å². The summed E-state index contributed by atoms with van der Waals surface area (Å²) in [6.45, 7) is 4.64. The maximum atomic E-state index is 12.8. The number of nitrogens with zero attached hydrogens (tertiary/aromatic N) is 6. The molecule has 9 nitrogen and oxygen atoms in total. The number of amides is 1. The molecule has 3 aliphatic rings. The lowest BCUT2D eigenvalue weighted by atomic mass is 10.1. The van der Waals surface area contributed by atoms with E-state index in [1.165, 1.54) is 30.6 Å². The highest BCUT2D eigenvalue weighted by Crippen LogP contribution is 2.48. The summed E-state index contributed by atoms with van der Waals surface area (Å²) >= 11 is 6.12. The molecule has 2 saturated carbocycles. The average molecular weight is 557 g/mol. The number of rotatable bonds is 8. The van der Waals surface area contributed by atoms with Gasteiger partial charge in [-0.25, -0.2) is 14.5 Å². The molecule has 1 aromatic carbocycles. The molecule has 7 rings (SSSR count). The SMILES string of the molecule is CN1CCN(c2cc(C3CC3)cc3cc(CNc4cc(NC(=O)[C@H]5C[C@@H]5c5cccc(Cl)c5)ncn4)nn23)CC1. The summed E-state index contributed by atoms with van der Waals surface area (Å²) in [5.41, 5.74) is 4.59. The number of carbonyl (C=O) groups is 1. The van der Waals surface area contributed by atoms with Crippen molar-refractivity contribution in [1.82, 2.24) is 24.5 Å². The second kappa shape index (κ2) is 10.4. The zero-order valence-corrected chi connectivity index (χ0v) is 23.3. The fraction of sp³-hybridized carbons (Fsp3) is 0.400. The van der Waals surface area contributed by atoms with E-state index in [-0.39, 0.29) is 17.7 Å². The number of nitrogens with one attached hydrogen (secondary N) is 2. The molecule has 0 spiro atoms. The van der Waals surface area contributed by atoms with Crippen molar-refractivity contribution in [2.45, 2.75) is 37.6 Å². The first-order valence-corrected chi connectivity index (χ1v) is 14.5. The summed E-state index contributed by atoms with van der Waals surface area (Å²) in [4.78, 5) is 26.3. The van der Waals surface area contributed by atoms with Crippen LogP contribution in [-0.2, 0) is 11.3 Å². The van der Waals surface area contributed by atoms with Crippen molar-refractivity contribution < 1.29 is 4.79 Å². The number of carbonyl (C=O) groups excluding carboxylic acids is 1. The Kier molecular flexibility index (Phi) is 6.56. The lowest BCUT2D eigenvalue weighted by molar-refractivity contribution is -0.117. The molecule has 1 aliphatic heterocycles. The van der Waals surface area contributed by atoms with E-state index in [9.17, 15) is 4.79 Å². The molecule has 206 valence electrons. The second-order valence-corrected chi connectivity index (χ2v) is 11.8. The number of halogens is 1. The van der Waals surface area contributed by atoms with Gasteiger partial charge in [0.2, 0.25) is 5.91 Å². The molecule has 1 amide bonds. The number of hydrogen-bond donors (Lipinski definition) is 2. The Morgan fingerprint density at radius 3 is 2.62 bits per heavy atom. The normalized spacial score (nSPS) is 21.0. The molecule has 0 bridgehead atoms. The van der Waals surface area contributed by atoms with Crippen LogP contribution in [0.2, 0.25) is 5.02 Å². The highest BCUT2D eigenvalue weighted by atomic mass is 35.5. The van der Waals surface area contributed by atoms with E-state index in [0.29, 0.717) is 29.1 Å². The van der Waals surface area contributed by atoms with E-state index in [0.717, 1.165) is 49.4 Å². The topological polar surface area (TPSA) is 90.7 Å². The van der Waals surface area contributed by atoms with E-state index in [2.05, 4.69) is 60.2 Å². The smallest absolute Gasteiger partial charge is 0.229 e. The Bertz CT molecular complexity index is 1560. The summed E-state index contributed by atoms with van der Waals surface area (Å²) in [6, 6.07) is 16.3. The molecule has 3 fully saturated rings. The van der Waals surface area contributed by atoms with Crippen LogP contribution in [0.4, 0.5) is 17.5 Å². The van der Waals surface area contributed by atoms with Crippen LogP contribution in [-0.4, -0.2) is 63.6 Å². The minimum Gasteiger partial charge on any atom is -0.364 e. The third-order valence-corrected chi connectivity index (χ3v) is 8.50. The van der Waals surface area contributed by atoms with Crippen molar-refractivity contribution >= 4 is 40.5 Å². The van der Waals surface area contributed by atoms with Crippen LogP contribution in [0.15, 0.2) is 54.9 Å². The average Bonchev–Trinajstić information content (AvgIpc) is 3.88. The molecule has 0 unspecified atom stereocenters. The van der Waals surface area contributed by atoms with Crippen LogP contribution >= 0.6 is 11.6 Å². The van der Waals surface area contributed by atoms with Crippen LogP contribution in [0, 0.1) is 5.92 Å². The molecule has 1 saturated heterocycles. The van der Waals surface area contributed by atoms with Crippen molar-refractivity contribution in [3.8, 4) is 0 Å². The van der Waals surface area contributed by atoms with E-state index in [4.69, 9.17) is 16.7 Å².